The van der Waals surface area contributed by atoms with Gasteiger partial charge in [0.15, 0.2) is 0 Å². The molecule has 0 radical (unpaired) electrons. The monoisotopic (exact) mass is 606 g/mol. The van der Waals surface area contributed by atoms with Crippen molar-refractivity contribution in [2.24, 2.45) is 0 Å². The molecule has 11 heteroatoms. The van der Waals surface area contributed by atoms with Gasteiger partial charge in [-0.2, -0.15) is 0 Å². The first-order valence-electron chi connectivity index (χ1n) is 14.2. The zero-order chi connectivity index (χ0) is 30.1. The molecule has 224 valence electrons. The Hall–Kier alpha value is -4.12. The van der Waals surface area contributed by atoms with Gasteiger partial charge in [0, 0.05) is 57.7 Å². The largest absolute Gasteiger partial charge is 0.495 e. The van der Waals surface area contributed by atoms with Gasteiger partial charge in [-0.15, -0.1) is 0 Å². The van der Waals surface area contributed by atoms with Crippen molar-refractivity contribution in [3.05, 3.63) is 93.0 Å². The summed E-state index contributed by atoms with van der Waals surface area (Å²) in [6, 6.07) is 16.5. The van der Waals surface area contributed by atoms with Crippen LogP contribution in [0.3, 0.4) is 0 Å². The number of aromatic carboxylic acids is 1. The number of anilines is 2. The highest BCUT2D eigenvalue weighted by Gasteiger charge is 2.27. The van der Waals surface area contributed by atoms with Gasteiger partial charge in [0.25, 0.3) is 0 Å². The van der Waals surface area contributed by atoms with Crippen LogP contribution >= 0.6 is 11.6 Å². The molecule has 3 aromatic carbocycles. The summed E-state index contributed by atoms with van der Waals surface area (Å²) in [5, 5.41) is 9.77. The van der Waals surface area contributed by atoms with Crippen LogP contribution in [0.2, 0.25) is 5.02 Å². The highest BCUT2D eigenvalue weighted by Crippen LogP contribution is 2.38. The van der Waals surface area contributed by atoms with Crippen LogP contribution in [0.4, 0.5) is 15.8 Å². The SMILES string of the molecule is COc1ccccc1N1CCN(c2c(F)cc3c(=O)c(C(=O)O)cn(-c4ccc(CN5CCOCC5)cc4)c3c2Cl)CC1. The van der Waals surface area contributed by atoms with Crippen molar-refractivity contribution in [1.29, 1.82) is 0 Å². The van der Waals surface area contributed by atoms with Crippen LogP contribution in [-0.2, 0) is 11.3 Å². The quantitative estimate of drug-likeness (QED) is 0.325. The number of morpholine rings is 1. The maximum Gasteiger partial charge on any atom is 0.341 e. The Bertz CT molecular complexity index is 1710. The Balaban J connectivity index is 1.37. The molecule has 0 spiro atoms. The van der Waals surface area contributed by atoms with Crippen LogP contribution in [-0.4, -0.2) is 80.1 Å². The molecule has 1 N–H and O–H groups in total. The van der Waals surface area contributed by atoms with Crippen LogP contribution in [0, 0.1) is 5.82 Å². The lowest BCUT2D eigenvalue weighted by Crippen LogP contribution is -2.47. The highest BCUT2D eigenvalue weighted by molar-refractivity contribution is 6.38. The molecule has 1 aromatic heterocycles. The Morgan fingerprint density at radius 1 is 1.00 bits per heavy atom. The van der Waals surface area contributed by atoms with Crippen molar-refractivity contribution < 1.29 is 23.8 Å². The number of pyridine rings is 1. The topological polar surface area (TPSA) is 87.5 Å². The molecule has 4 aromatic rings. The molecule has 2 aliphatic heterocycles. The van der Waals surface area contributed by atoms with E-state index in [9.17, 15) is 14.7 Å². The van der Waals surface area contributed by atoms with E-state index in [1.54, 1.807) is 11.7 Å². The number of halogens is 2. The lowest BCUT2D eigenvalue weighted by Gasteiger charge is -2.38. The zero-order valence-electron chi connectivity index (χ0n) is 23.8. The number of methoxy groups -OCH3 is 1. The van der Waals surface area contributed by atoms with Gasteiger partial charge in [-0.05, 0) is 35.9 Å². The molecule has 6 rings (SSSR count). The fourth-order valence-corrected chi connectivity index (χ4v) is 6.29. The molecule has 3 heterocycles. The molecule has 0 unspecified atom stereocenters. The summed E-state index contributed by atoms with van der Waals surface area (Å²) in [5.74, 6) is -1.30. The fraction of sp³-hybridized carbons (Fsp3) is 0.312. The first kappa shape index (κ1) is 29.0. The van der Waals surface area contributed by atoms with Crippen molar-refractivity contribution in [2.75, 3.05) is 69.4 Å². The number of hydrogen-bond donors (Lipinski definition) is 1. The lowest BCUT2D eigenvalue weighted by molar-refractivity contribution is 0.0342. The summed E-state index contributed by atoms with van der Waals surface area (Å²) in [6.07, 6.45) is 1.27. The minimum atomic E-state index is -1.39. The van der Waals surface area contributed by atoms with Crippen LogP contribution in [0.5, 0.6) is 5.75 Å². The molecule has 0 atom stereocenters. The number of nitrogens with zero attached hydrogens (tertiary/aromatic N) is 4. The van der Waals surface area contributed by atoms with E-state index in [0.29, 0.717) is 45.1 Å². The number of ether oxygens (including phenoxy) is 2. The third-order valence-electron chi connectivity index (χ3n) is 8.13. The highest BCUT2D eigenvalue weighted by atomic mass is 35.5. The van der Waals surface area contributed by atoms with Crippen molar-refractivity contribution >= 4 is 39.8 Å². The van der Waals surface area contributed by atoms with Gasteiger partial charge < -0.3 is 28.9 Å². The van der Waals surface area contributed by atoms with Gasteiger partial charge in [0.2, 0.25) is 5.43 Å². The van der Waals surface area contributed by atoms with E-state index in [1.807, 2.05) is 53.4 Å². The third kappa shape index (κ3) is 5.65. The second-order valence-electron chi connectivity index (χ2n) is 10.7. The molecule has 2 aliphatic rings. The summed E-state index contributed by atoms with van der Waals surface area (Å²) < 4.78 is 28.3. The van der Waals surface area contributed by atoms with E-state index in [1.165, 1.54) is 6.20 Å². The van der Waals surface area contributed by atoms with Gasteiger partial charge in [-0.3, -0.25) is 9.69 Å². The Morgan fingerprint density at radius 3 is 2.35 bits per heavy atom. The molecular weight excluding hydrogens is 575 g/mol. The molecule has 0 saturated carbocycles. The average molecular weight is 607 g/mol. The van der Waals surface area contributed by atoms with Crippen LogP contribution in [0.15, 0.2) is 65.6 Å². The van der Waals surface area contributed by atoms with Crippen LogP contribution in [0.1, 0.15) is 15.9 Å². The van der Waals surface area contributed by atoms with Crippen LogP contribution in [0.25, 0.3) is 16.6 Å². The first-order chi connectivity index (χ1) is 20.9. The van der Waals surface area contributed by atoms with Crippen molar-refractivity contribution in [3.8, 4) is 11.4 Å². The molecule has 43 heavy (non-hydrogen) atoms. The van der Waals surface area contributed by atoms with E-state index in [0.717, 1.165) is 42.7 Å². The number of hydrogen-bond acceptors (Lipinski definition) is 7. The molecular formula is C32H32ClFN4O5. The number of benzene rings is 3. The van der Waals surface area contributed by atoms with E-state index >= 15 is 4.39 Å². The number of para-hydroxylation sites is 2. The van der Waals surface area contributed by atoms with E-state index < -0.39 is 22.8 Å². The summed E-state index contributed by atoms with van der Waals surface area (Å²) in [6.45, 7) is 6.02. The Morgan fingerprint density at radius 2 is 1.67 bits per heavy atom. The van der Waals surface area contributed by atoms with Gasteiger partial charge in [0.1, 0.15) is 17.1 Å². The van der Waals surface area contributed by atoms with E-state index in [2.05, 4.69) is 9.80 Å². The predicted molar refractivity (Wildman–Crippen MR) is 165 cm³/mol. The molecule has 0 amide bonds. The predicted octanol–water partition coefficient (Wildman–Crippen LogP) is 4.65. The standard InChI is InChI=1S/C32H32ClFN4O5/c1-42-27-5-3-2-4-26(27)36-10-12-37(13-11-36)30-25(34)18-23-29(28(30)33)38(20-24(31(23)39)32(40)41)22-8-6-21(7-9-22)19-35-14-16-43-17-15-35/h2-9,18,20H,10-17,19H2,1H3,(H,40,41). The van der Waals surface area contributed by atoms with Gasteiger partial charge in [-0.25, -0.2) is 9.18 Å². The normalized spacial score (nSPS) is 16.1. The fourth-order valence-electron chi connectivity index (χ4n) is 5.89. The number of carbonyl (C=O) groups is 1. The second-order valence-corrected chi connectivity index (χ2v) is 11.0. The average Bonchev–Trinajstić information content (AvgIpc) is 3.02. The van der Waals surface area contributed by atoms with Gasteiger partial charge >= 0.3 is 5.97 Å². The minimum absolute atomic E-state index is 0.0622. The lowest BCUT2D eigenvalue weighted by atomic mass is 10.1. The molecule has 9 nitrogen and oxygen atoms in total. The summed E-state index contributed by atoms with van der Waals surface area (Å²) in [7, 11) is 1.63. The number of fused-ring (bicyclic) bond motifs is 1. The van der Waals surface area contributed by atoms with Crippen molar-refractivity contribution in [3.63, 3.8) is 0 Å². The Labute approximate surface area is 253 Å². The maximum atomic E-state index is 15.8. The third-order valence-corrected chi connectivity index (χ3v) is 8.49. The number of rotatable bonds is 7. The number of piperazine rings is 1. The summed E-state index contributed by atoms with van der Waals surface area (Å²) >= 11 is 6.96. The van der Waals surface area contributed by atoms with Gasteiger partial charge in [-0.1, -0.05) is 35.9 Å². The molecule has 0 bridgehead atoms. The second kappa shape index (κ2) is 12.2. The summed E-state index contributed by atoms with van der Waals surface area (Å²) in [4.78, 5) is 31.6. The first-order valence-corrected chi connectivity index (χ1v) is 14.6. The van der Waals surface area contributed by atoms with Crippen LogP contribution < -0.4 is 20.0 Å². The Kier molecular flexibility index (Phi) is 8.25. The molecule has 2 fully saturated rings. The zero-order valence-corrected chi connectivity index (χ0v) is 24.5. The maximum absolute atomic E-state index is 15.8. The number of carboxylic acid groups (broad SMARTS) is 1. The molecule has 0 aliphatic carbocycles. The van der Waals surface area contributed by atoms with E-state index in [-0.39, 0.29) is 21.6 Å². The van der Waals surface area contributed by atoms with Crippen molar-refractivity contribution in [1.82, 2.24) is 9.47 Å². The number of aromatic nitrogens is 1. The molecule has 2 saturated heterocycles. The summed E-state index contributed by atoms with van der Waals surface area (Å²) in [5.41, 5.74) is 1.87. The van der Waals surface area contributed by atoms with E-state index in [4.69, 9.17) is 21.1 Å². The smallest absolute Gasteiger partial charge is 0.341 e. The minimum Gasteiger partial charge on any atom is -0.495 e. The number of carboxylic acids is 1. The van der Waals surface area contributed by atoms with Gasteiger partial charge in [0.05, 0.1) is 47.6 Å². The van der Waals surface area contributed by atoms with Crippen molar-refractivity contribution in [2.45, 2.75) is 6.54 Å².